The second-order valence-electron chi connectivity index (χ2n) is 9.36. The summed E-state index contributed by atoms with van der Waals surface area (Å²) in [4.78, 5) is 11.7. The average Bonchev–Trinajstić information content (AvgIpc) is 2.72. The molecular formula is C25H52NO5+. The van der Waals surface area contributed by atoms with E-state index in [9.17, 15) is 4.79 Å². The van der Waals surface area contributed by atoms with Gasteiger partial charge in [-0.25, -0.2) is 0 Å². The van der Waals surface area contributed by atoms with Crippen LogP contribution >= 0.6 is 0 Å². The van der Waals surface area contributed by atoms with Crippen molar-refractivity contribution < 1.29 is 28.2 Å². The van der Waals surface area contributed by atoms with Gasteiger partial charge in [0.2, 0.25) is 0 Å². The number of hydrogen-bond acceptors (Lipinski definition) is 5. The number of unbranched alkanes of at least 4 members (excludes halogenated alkanes) is 10. The summed E-state index contributed by atoms with van der Waals surface area (Å²) in [6, 6.07) is 0. The summed E-state index contributed by atoms with van der Waals surface area (Å²) >= 11 is 0. The van der Waals surface area contributed by atoms with Gasteiger partial charge in [0.1, 0.15) is 13.2 Å². The molecule has 0 aliphatic carbocycles. The van der Waals surface area contributed by atoms with E-state index in [0.29, 0.717) is 46.1 Å². The zero-order chi connectivity index (χ0) is 23.0. The largest absolute Gasteiger partial charge is 0.463 e. The van der Waals surface area contributed by atoms with E-state index in [1.54, 1.807) is 0 Å². The van der Waals surface area contributed by atoms with Crippen LogP contribution in [0, 0.1) is 0 Å². The van der Waals surface area contributed by atoms with Crippen LogP contribution in [0.15, 0.2) is 0 Å². The lowest BCUT2D eigenvalue weighted by Crippen LogP contribution is -2.37. The summed E-state index contributed by atoms with van der Waals surface area (Å²) in [5.74, 6) is -0.109. The number of ether oxygens (including phenoxy) is 4. The summed E-state index contributed by atoms with van der Waals surface area (Å²) in [5, 5.41) is 0. The standard InChI is InChI=1S/C25H52NO5/c1-5-6-7-8-9-10-11-12-13-14-15-16-25(27)31-24-23-30-22-21-29-20-19-28-18-17-26(2,3)4/h5-24H2,1-4H3/q+1. The molecule has 0 aromatic heterocycles. The van der Waals surface area contributed by atoms with Crippen LogP contribution in [0.1, 0.15) is 84.0 Å². The fourth-order valence-electron chi connectivity index (χ4n) is 3.10. The van der Waals surface area contributed by atoms with E-state index in [4.69, 9.17) is 18.9 Å². The summed E-state index contributed by atoms with van der Waals surface area (Å²) in [6.45, 7) is 6.97. The number of likely N-dealkylation sites (N-methyl/N-ethyl adjacent to an activating group) is 1. The Bertz CT molecular complexity index is 385. The molecule has 186 valence electrons. The Hall–Kier alpha value is -0.690. The van der Waals surface area contributed by atoms with Gasteiger partial charge in [-0.05, 0) is 6.42 Å². The lowest BCUT2D eigenvalue weighted by Gasteiger charge is -2.23. The van der Waals surface area contributed by atoms with Gasteiger partial charge < -0.3 is 23.4 Å². The van der Waals surface area contributed by atoms with Gasteiger partial charge in [0.15, 0.2) is 0 Å². The molecule has 0 aliphatic rings. The third-order valence-corrected chi connectivity index (χ3v) is 5.13. The molecule has 0 fully saturated rings. The Balaban J connectivity index is 3.18. The molecule has 0 radical (unpaired) electrons. The van der Waals surface area contributed by atoms with Gasteiger partial charge in [0.05, 0.1) is 60.8 Å². The number of carbonyl (C=O) groups excluding carboxylic acids is 1. The van der Waals surface area contributed by atoms with Crippen LogP contribution in [0.2, 0.25) is 0 Å². The van der Waals surface area contributed by atoms with Crippen LogP contribution in [0.5, 0.6) is 0 Å². The van der Waals surface area contributed by atoms with Crippen LogP contribution in [-0.2, 0) is 23.7 Å². The molecule has 6 nitrogen and oxygen atoms in total. The maximum Gasteiger partial charge on any atom is 0.305 e. The SMILES string of the molecule is CCCCCCCCCCCCCC(=O)OCCOCCOCCOCC[N+](C)(C)C. The maximum atomic E-state index is 11.7. The summed E-state index contributed by atoms with van der Waals surface area (Å²) in [5.41, 5.74) is 0. The van der Waals surface area contributed by atoms with Gasteiger partial charge >= 0.3 is 5.97 Å². The molecule has 0 spiro atoms. The minimum Gasteiger partial charge on any atom is -0.463 e. The van der Waals surface area contributed by atoms with E-state index >= 15 is 0 Å². The first-order valence-corrected chi connectivity index (χ1v) is 12.6. The molecule has 0 N–H and O–H groups in total. The molecule has 0 unspecified atom stereocenters. The van der Waals surface area contributed by atoms with E-state index in [2.05, 4.69) is 28.1 Å². The Labute approximate surface area is 192 Å². The predicted molar refractivity (Wildman–Crippen MR) is 127 cm³/mol. The van der Waals surface area contributed by atoms with E-state index in [1.807, 2.05) is 0 Å². The molecule has 31 heavy (non-hydrogen) atoms. The first-order chi connectivity index (χ1) is 15.0. The summed E-state index contributed by atoms with van der Waals surface area (Å²) in [7, 11) is 6.44. The topological polar surface area (TPSA) is 54.0 Å². The molecule has 0 atom stereocenters. The Kier molecular flexibility index (Phi) is 22.0. The molecule has 0 saturated carbocycles. The fourth-order valence-corrected chi connectivity index (χ4v) is 3.10. The van der Waals surface area contributed by atoms with Gasteiger partial charge in [-0.2, -0.15) is 0 Å². The highest BCUT2D eigenvalue weighted by molar-refractivity contribution is 5.69. The smallest absolute Gasteiger partial charge is 0.305 e. The second kappa shape index (κ2) is 22.5. The molecule has 0 aromatic rings. The highest BCUT2D eigenvalue weighted by Crippen LogP contribution is 2.12. The van der Waals surface area contributed by atoms with Gasteiger partial charge in [-0.3, -0.25) is 4.79 Å². The molecule has 0 aliphatic heterocycles. The van der Waals surface area contributed by atoms with E-state index in [0.717, 1.165) is 30.5 Å². The van der Waals surface area contributed by atoms with Crippen LogP contribution in [0.3, 0.4) is 0 Å². The highest BCUT2D eigenvalue weighted by Gasteiger charge is 2.05. The summed E-state index contributed by atoms with van der Waals surface area (Å²) < 4.78 is 22.5. The van der Waals surface area contributed by atoms with Crippen LogP contribution < -0.4 is 0 Å². The first-order valence-electron chi connectivity index (χ1n) is 12.6. The molecule has 0 amide bonds. The van der Waals surface area contributed by atoms with Gasteiger partial charge in [0, 0.05) is 6.42 Å². The van der Waals surface area contributed by atoms with Crippen molar-refractivity contribution in [3.05, 3.63) is 0 Å². The fraction of sp³-hybridized carbons (Fsp3) is 0.960. The van der Waals surface area contributed by atoms with Gasteiger partial charge in [-0.1, -0.05) is 71.1 Å². The third kappa shape index (κ3) is 27.3. The first kappa shape index (κ1) is 30.3. The minimum absolute atomic E-state index is 0.109. The Morgan fingerprint density at radius 1 is 0.581 bits per heavy atom. The molecule has 0 aromatic carbocycles. The minimum atomic E-state index is -0.109. The molecule has 6 heteroatoms. The van der Waals surface area contributed by atoms with Crippen LogP contribution in [0.4, 0.5) is 0 Å². The average molecular weight is 447 g/mol. The maximum absolute atomic E-state index is 11.7. The van der Waals surface area contributed by atoms with E-state index in [-0.39, 0.29) is 5.97 Å². The van der Waals surface area contributed by atoms with Crippen molar-refractivity contribution in [3.63, 3.8) is 0 Å². The molecule has 0 rings (SSSR count). The number of rotatable bonds is 24. The van der Waals surface area contributed by atoms with Crippen molar-refractivity contribution in [1.82, 2.24) is 0 Å². The highest BCUT2D eigenvalue weighted by atomic mass is 16.6. The van der Waals surface area contributed by atoms with Crippen molar-refractivity contribution in [2.24, 2.45) is 0 Å². The molecule has 0 heterocycles. The van der Waals surface area contributed by atoms with Crippen molar-refractivity contribution in [1.29, 1.82) is 0 Å². The molecular weight excluding hydrogens is 394 g/mol. The van der Waals surface area contributed by atoms with Crippen LogP contribution in [-0.4, -0.2) is 84.4 Å². The van der Waals surface area contributed by atoms with Crippen LogP contribution in [0.25, 0.3) is 0 Å². The number of quaternary nitrogens is 1. The zero-order valence-electron chi connectivity index (χ0n) is 21.1. The zero-order valence-corrected chi connectivity index (χ0v) is 21.1. The van der Waals surface area contributed by atoms with Gasteiger partial charge in [0.25, 0.3) is 0 Å². The van der Waals surface area contributed by atoms with Crippen molar-refractivity contribution in [2.75, 3.05) is 73.9 Å². The molecule has 0 saturated heterocycles. The Morgan fingerprint density at radius 2 is 1.00 bits per heavy atom. The lowest BCUT2D eigenvalue weighted by molar-refractivity contribution is -0.870. The van der Waals surface area contributed by atoms with E-state index < -0.39 is 0 Å². The number of carbonyl (C=O) groups is 1. The summed E-state index contributed by atoms with van der Waals surface area (Å²) in [6.07, 6.45) is 14.7. The quantitative estimate of drug-likeness (QED) is 0.119. The third-order valence-electron chi connectivity index (χ3n) is 5.13. The monoisotopic (exact) mass is 446 g/mol. The van der Waals surface area contributed by atoms with Crippen molar-refractivity contribution in [3.8, 4) is 0 Å². The molecule has 0 bridgehead atoms. The normalized spacial score (nSPS) is 11.7. The van der Waals surface area contributed by atoms with Crippen molar-refractivity contribution >= 4 is 5.97 Å². The number of esters is 1. The lowest BCUT2D eigenvalue weighted by atomic mass is 10.1. The predicted octanol–water partition coefficient (Wildman–Crippen LogP) is 4.99. The second-order valence-corrected chi connectivity index (χ2v) is 9.36. The number of hydrogen-bond donors (Lipinski definition) is 0. The van der Waals surface area contributed by atoms with E-state index in [1.165, 1.54) is 57.8 Å². The van der Waals surface area contributed by atoms with Gasteiger partial charge in [-0.15, -0.1) is 0 Å². The Morgan fingerprint density at radius 3 is 1.48 bits per heavy atom. The number of nitrogens with zero attached hydrogens (tertiary/aromatic N) is 1. The van der Waals surface area contributed by atoms with Crippen molar-refractivity contribution in [2.45, 2.75) is 84.0 Å².